The fourth-order valence-electron chi connectivity index (χ4n) is 0.782. The lowest BCUT2D eigenvalue weighted by Crippen LogP contribution is -2.03. The zero-order valence-electron chi connectivity index (χ0n) is 6.82. The number of carboxylic acid groups (broad SMARTS) is 1. The molecule has 0 fully saturated rings. The van der Waals surface area contributed by atoms with E-state index in [0.29, 0.717) is 5.56 Å². The van der Waals surface area contributed by atoms with Crippen LogP contribution in [0.3, 0.4) is 0 Å². The van der Waals surface area contributed by atoms with Gasteiger partial charge in [-0.2, -0.15) is 0 Å². The van der Waals surface area contributed by atoms with Crippen molar-refractivity contribution in [2.24, 2.45) is 0 Å². The number of carboxylic acids is 1. The lowest BCUT2D eigenvalue weighted by atomic mass is 10.2. The number of aliphatic carboxylic acids is 1. The van der Waals surface area contributed by atoms with Crippen LogP contribution in [0, 0.1) is 0 Å². The fraction of sp³-hybridized carbons (Fsp3) is 0.286. The number of aromatic nitrogens is 2. The zero-order chi connectivity index (χ0) is 9.84. The average molecular weight is 203 g/mol. The molecule has 0 bridgehead atoms. The Morgan fingerprint density at radius 1 is 1.69 bits per heavy atom. The number of methoxy groups -OCH3 is 1. The molecule has 0 saturated heterocycles. The van der Waals surface area contributed by atoms with Gasteiger partial charge in [0.25, 0.3) is 0 Å². The van der Waals surface area contributed by atoms with Gasteiger partial charge in [-0.3, -0.25) is 4.79 Å². The highest BCUT2D eigenvalue weighted by molar-refractivity contribution is 6.30. The van der Waals surface area contributed by atoms with Crippen LogP contribution in [0.15, 0.2) is 6.07 Å². The summed E-state index contributed by atoms with van der Waals surface area (Å²) in [6.45, 7) is 0. The summed E-state index contributed by atoms with van der Waals surface area (Å²) in [5, 5.41) is 15.7. The maximum atomic E-state index is 10.4. The first-order valence-electron chi connectivity index (χ1n) is 3.41. The van der Waals surface area contributed by atoms with Crippen LogP contribution in [0.2, 0.25) is 5.15 Å². The second-order valence-corrected chi connectivity index (χ2v) is 2.63. The van der Waals surface area contributed by atoms with Crippen LogP contribution in [0.25, 0.3) is 0 Å². The number of hydrogen-bond acceptors (Lipinski definition) is 4. The third-order valence-electron chi connectivity index (χ3n) is 1.35. The molecule has 1 rings (SSSR count). The Labute approximate surface area is 79.3 Å². The van der Waals surface area contributed by atoms with Crippen molar-refractivity contribution in [3.8, 4) is 5.88 Å². The first-order chi connectivity index (χ1) is 6.13. The van der Waals surface area contributed by atoms with Crippen LogP contribution < -0.4 is 4.74 Å². The normalized spacial score (nSPS) is 9.69. The molecular weight excluding hydrogens is 196 g/mol. The van der Waals surface area contributed by atoms with E-state index in [1.807, 2.05) is 0 Å². The van der Waals surface area contributed by atoms with E-state index < -0.39 is 5.97 Å². The van der Waals surface area contributed by atoms with Crippen LogP contribution in [-0.4, -0.2) is 28.4 Å². The SMILES string of the molecule is COc1cc(CC(=O)O)c(Cl)nn1. The minimum atomic E-state index is -0.975. The van der Waals surface area contributed by atoms with Crippen molar-refractivity contribution in [3.63, 3.8) is 0 Å². The summed E-state index contributed by atoms with van der Waals surface area (Å²) < 4.78 is 4.77. The van der Waals surface area contributed by atoms with Crippen LogP contribution in [0.5, 0.6) is 5.88 Å². The summed E-state index contributed by atoms with van der Waals surface area (Å²) >= 11 is 5.60. The maximum absolute atomic E-state index is 10.4. The molecule has 1 aromatic rings. The van der Waals surface area contributed by atoms with Gasteiger partial charge in [0, 0.05) is 11.6 Å². The van der Waals surface area contributed by atoms with Gasteiger partial charge in [-0.15, -0.1) is 10.2 Å². The van der Waals surface area contributed by atoms with E-state index >= 15 is 0 Å². The largest absolute Gasteiger partial charge is 0.481 e. The molecule has 0 saturated carbocycles. The Hall–Kier alpha value is -1.36. The van der Waals surface area contributed by atoms with Gasteiger partial charge in [-0.1, -0.05) is 11.6 Å². The molecule has 0 atom stereocenters. The van der Waals surface area contributed by atoms with Gasteiger partial charge in [0.1, 0.15) is 0 Å². The second-order valence-electron chi connectivity index (χ2n) is 2.27. The van der Waals surface area contributed by atoms with E-state index in [9.17, 15) is 4.79 Å². The van der Waals surface area contributed by atoms with E-state index in [1.54, 1.807) is 0 Å². The quantitative estimate of drug-likeness (QED) is 0.784. The summed E-state index contributed by atoms with van der Waals surface area (Å²) in [5.74, 6) is -0.724. The summed E-state index contributed by atoms with van der Waals surface area (Å²) in [6, 6.07) is 1.45. The van der Waals surface area contributed by atoms with Crippen LogP contribution >= 0.6 is 11.6 Å². The van der Waals surface area contributed by atoms with Gasteiger partial charge >= 0.3 is 5.97 Å². The average Bonchev–Trinajstić information content (AvgIpc) is 2.08. The Balaban J connectivity index is 2.96. The molecule has 0 aliphatic carbocycles. The van der Waals surface area contributed by atoms with E-state index in [2.05, 4.69) is 10.2 Å². The standard InChI is InChI=1S/C7H7ClN2O3/c1-13-5-2-4(3-6(11)12)7(8)10-9-5/h2H,3H2,1H3,(H,11,12). The van der Waals surface area contributed by atoms with E-state index in [-0.39, 0.29) is 17.5 Å². The van der Waals surface area contributed by atoms with Crippen molar-refractivity contribution in [3.05, 3.63) is 16.8 Å². The Kier molecular flexibility index (Phi) is 3.02. The molecule has 13 heavy (non-hydrogen) atoms. The Morgan fingerprint density at radius 2 is 2.38 bits per heavy atom. The maximum Gasteiger partial charge on any atom is 0.307 e. The number of halogens is 1. The van der Waals surface area contributed by atoms with Crippen molar-refractivity contribution < 1.29 is 14.6 Å². The molecule has 0 radical (unpaired) electrons. The molecule has 0 unspecified atom stereocenters. The van der Waals surface area contributed by atoms with Gasteiger partial charge in [0.2, 0.25) is 5.88 Å². The fourth-order valence-corrected chi connectivity index (χ4v) is 0.941. The number of ether oxygens (including phenoxy) is 1. The van der Waals surface area contributed by atoms with Crippen molar-refractivity contribution in [1.82, 2.24) is 10.2 Å². The summed E-state index contributed by atoms with van der Waals surface area (Å²) in [5.41, 5.74) is 0.390. The number of hydrogen-bond donors (Lipinski definition) is 1. The molecule has 0 amide bonds. The molecule has 5 nitrogen and oxygen atoms in total. The molecule has 6 heteroatoms. The minimum Gasteiger partial charge on any atom is -0.481 e. The number of carbonyl (C=O) groups is 1. The van der Waals surface area contributed by atoms with Gasteiger partial charge in [-0.05, 0) is 0 Å². The third-order valence-corrected chi connectivity index (χ3v) is 1.67. The smallest absolute Gasteiger partial charge is 0.307 e. The molecule has 0 spiro atoms. The van der Waals surface area contributed by atoms with Gasteiger partial charge in [-0.25, -0.2) is 0 Å². The molecule has 0 aliphatic rings. The first-order valence-corrected chi connectivity index (χ1v) is 3.79. The first kappa shape index (κ1) is 9.73. The molecule has 0 aliphatic heterocycles. The van der Waals surface area contributed by atoms with Crippen LogP contribution in [-0.2, 0) is 11.2 Å². The van der Waals surface area contributed by atoms with Crippen molar-refractivity contribution in [1.29, 1.82) is 0 Å². The summed E-state index contributed by atoms with van der Waals surface area (Å²) in [6.07, 6.45) is -0.190. The van der Waals surface area contributed by atoms with Crippen molar-refractivity contribution >= 4 is 17.6 Å². The topological polar surface area (TPSA) is 72.3 Å². The van der Waals surface area contributed by atoms with Gasteiger partial charge in [0.15, 0.2) is 5.15 Å². The highest BCUT2D eigenvalue weighted by Crippen LogP contribution is 2.16. The lowest BCUT2D eigenvalue weighted by Gasteiger charge is -2.01. The summed E-state index contributed by atoms with van der Waals surface area (Å²) in [7, 11) is 1.42. The van der Waals surface area contributed by atoms with E-state index in [1.165, 1.54) is 13.2 Å². The number of rotatable bonds is 3. The summed E-state index contributed by atoms with van der Waals surface area (Å²) in [4.78, 5) is 10.4. The highest BCUT2D eigenvalue weighted by Gasteiger charge is 2.08. The van der Waals surface area contributed by atoms with Crippen LogP contribution in [0.1, 0.15) is 5.56 Å². The van der Waals surface area contributed by atoms with Gasteiger partial charge < -0.3 is 9.84 Å². The Bertz CT molecular complexity index is 330. The third kappa shape index (κ3) is 2.55. The molecule has 1 heterocycles. The van der Waals surface area contributed by atoms with Gasteiger partial charge in [0.05, 0.1) is 13.5 Å². The molecular formula is C7H7ClN2O3. The van der Waals surface area contributed by atoms with E-state index in [0.717, 1.165) is 0 Å². The zero-order valence-corrected chi connectivity index (χ0v) is 7.58. The monoisotopic (exact) mass is 202 g/mol. The highest BCUT2D eigenvalue weighted by atomic mass is 35.5. The predicted molar refractivity (Wildman–Crippen MR) is 44.9 cm³/mol. The number of nitrogens with zero attached hydrogens (tertiary/aromatic N) is 2. The van der Waals surface area contributed by atoms with Crippen molar-refractivity contribution in [2.45, 2.75) is 6.42 Å². The Morgan fingerprint density at radius 3 is 2.92 bits per heavy atom. The second kappa shape index (κ2) is 4.04. The molecule has 0 aromatic carbocycles. The predicted octanol–water partition coefficient (Wildman–Crippen LogP) is 0.766. The molecule has 70 valence electrons. The molecule has 1 N–H and O–H groups in total. The lowest BCUT2D eigenvalue weighted by molar-refractivity contribution is -0.136. The van der Waals surface area contributed by atoms with E-state index in [4.69, 9.17) is 21.4 Å². The minimum absolute atomic E-state index is 0.0863. The molecule has 1 aromatic heterocycles. The van der Waals surface area contributed by atoms with Crippen LogP contribution in [0.4, 0.5) is 0 Å². The van der Waals surface area contributed by atoms with Crippen molar-refractivity contribution in [2.75, 3.05) is 7.11 Å².